The van der Waals surface area contributed by atoms with Gasteiger partial charge in [-0.1, -0.05) is 51.8 Å². The zero-order chi connectivity index (χ0) is 25.8. The van der Waals surface area contributed by atoms with Gasteiger partial charge in [-0.15, -0.1) is 0 Å². The number of benzene rings is 3. The molecule has 0 unspecified atom stereocenters. The number of imide groups is 1. The lowest BCUT2D eigenvalue weighted by molar-refractivity contribution is -0.127. The SMILES string of the molecule is Cc1cccc(NC(=O)CN2C(=O)N/C(=C/c3cc(Cl)c(OCc4ccc(Br)cc4)c(Br)c3)C2=O)c1. The van der Waals surface area contributed by atoms with E-state index in [0.29, 0.717) is 33.1 Å². The summed E-state index contributed by atoms with van der Waals surface area (Å²) in [5.74, 6) is -0.636. The molecule has 1 aliphatic rings. The van der Waals surface area contributed by atoms with E-state index in [-0.39, 0.29) is 5.70 Å². The van der Waals surface area contributed by atoms with Crippen LogP contribution in [0.1, 0.15) is 16.7 Å². The highest BCUT2D eigenvalue weighted by molar-refractivity contribution is 9.10. The maximum absolute atomic E-state index is 12.8. The molecule has 184 valence electrons. The topological polar surface area (TPSA) is 87.7 Å². The Morgan fingerprint density at radius 1 is 1.11 bits per heavy atom. The van der Waals surface area contributed by atoms with Crippen molar-refractivity contribution in [1.82, 2.24) is 10.2 Å². The predicted octanol–water partition coefficient (Wildman–Crippen LogP) is 6.28. The Balaban J connectivity index is 1.43. The Hall–Kier alpha value is -3.14. The van der Waals surface area contributed by atoms with Gasteiger partial charge in [0.15, 0.2) is 5.75 Å². The lowest BCUT2D eigenvalue weighted by atomic mass is 10.1. The number of carbonyl (C=O) groups is 3. The highest BCUT2D eigenvalue weighted by Gasteiger charge is 2.35. The van der Waals surface area contributed by atoms with Crippen molar-refractivity contribution in [2.24, 2.45) is 0 Å². The van der Waals surface area contributed by atoms with Crippen LogP contribution in [0.25, 0.3) is 6.08 Å². The third-order valence-corrected chi connectivity index (χ3v) is 6.59. The van der Waals surface area contributed by atoms with Gasteiger partial charge in [0.25, 0.3) is 5.91 Å². The van der Waals surface area contributed by atoms with Gasteiger partial charge >= 0.3 is 6.03 Å². The standard InChI is InChI=1S/C26H20Br2ClN3O4/c1-15-3-2-4-19(9-15)30-23(33)13-32-25(34)22(31-26(32)35)12-17-10-20(28)24(21(29)11-17)36-14-16-5-7-18(27)8-6-16/h2-12H,13-14H2,1H3,(H,30,33)(H,31,35)/b22-12+. The minimum Gasteiger partial charge on any atom is -0.486 e. The van der Waals surface area contributed by atoms with Crippen molar-refractivity contribution in [2.45, 2.75) is 13.5 Å². The quantitative estimate of drug-likeness (QED) is 0.237. The Labute approximate surface area is 229 Å². The summed E-state index contributed by atoms with van der Waals surface area (Å²) in [5, 5.41) is 5.53. The Kier molecular flexibility index (Phi) is 8.13. The van der Waals surface area contributed by atoms with Crippen LogP contribution in [0.15, 0.2) is 75.3 Å². The zero-order valence-corrected chi connectivity index (χ0v) is 22.9. The van der Waals surface area contributed by atoms with E-state index in [0.717, 1.165) is 20.5 Å². The van der Waals surface area contributed by atoms with Crippen molar-refractivity contribution in [3.05, 3.63) is 97.0 Å². The van der Waals surface area contributed by atoms with Crippen molar-refractivity contribution in [3.8, 4) is 5.75 Å². The van der Waals surface area contributed by atoms with Gasteiger partial charge in [-0.05, 0) is 82.0 Å². The average Bonchev–Trinajstić information content (AvgIpc) is 3.07. The largest absolute Gasteiger partial charge is 0.486 e. The molecule has 0 saturated carbocycles. The number of hydrogen-bond acceptors (Lipinski definition) is 4. The summed E-state index contributed by atoms with van der Waals surface area (Å²) in [6.45, 7) is 1.80. The number of nitrogens with one attached hydrogen (secondary N) is 2. The fourth-order valence-corrected chi connectivity index (χ4v) is 4.74. The number of hydrogen-bond donors (Lipinski definition) is 2. The normalized spacial score (nSPS) is 14.2. The number of ether oxygens (including phenoxy) is 1. The minimum absolute atomic E-state index is 0.0369. The molecule has 0 bridgehead atoms. The second kappa shape index (κ2) is 11.3. The van der Waals surface area contributed by atoms with Gasteiger partial charge in [0.1, 0.15) is 18.8 Å². The first-order valence-electron chi connectivity index (χ1n) is 10.8. The van der Waals surface area contributed by atoms with Gasteiger partial charge in [0, 0.05) is 10.2 Å². The van der Waals surface area contributed by atoms with Crippen LogP contribution in [0, 0.1) is 6.92 Å². The van der Waals surface area contributed by atoms with Gasteiger partial charge in [-0.3, -0.25) is 9.59 Å². The summed E-state index contributed by atoms with van der Waals surface area (Å²) in [6.07, 6.45) is 1.49. The van der Waals surface area contributed by atoms with E-state index in [1.165, 1.54) is 6.08 Å². The molecular weight excluding hydrogens is 614 g/mol. The summed E-state index contributed by atoms with van der Waals surface area (Å²) in [5.41, 5.74) is 3.14. The van der Waals surface area contributed by atoms with Crippen LogP contribution >= 0.6 is 43.5 Å². The molecule has 0 radical (unpaired) electrons. The molecule has 0 spiro atoms. The summed E-state index contributed by atoms with van der Waals surface area (Å²) >= 11 is 13.3. The molecule has 1 aliphatic heterocycles. The summed E-state index contributed by atoms with van der Waals surface area (Å²) in [6, 6.07) is 17.6. The first-order chi connectivity index (χ1) is 17.2. The van der Waals surface area contributed by atoms with Crippen molar-refractivity contribution in [2.75, 3.05) is 11.9 Å². The molecule has 1 heterocycles. The maximum Gasteiger partial charge on any atom is 0.329 e. The maximum atomic E-state index is 12.8. The van der Waals surface area contributed by atoms with E-state index in [9.17, 15) is 14.4 Å². The Morgan fingerprint density at radius 3 is 2.56 bits per heavy atom. The van der Waals surface area contributed by atoms with E-state index in [1.807, 2.05) is 37.3 Å². The third-order valence-electron chi connectivity index (χ3n) is 5.19. The van der Waals surface area contributed by atoms with Crippen LogP contribution in [-0.2, 0) is 16.2 Å². The molecule has 36 heavy (non-hydrogen) atoms. The minimum atomic E-state index is -0.676. The number of rotatable bonds is 7. The number of urea groups is 1. The number of carbonyl (C=O) groups excluding carboxylic acids is 3. The molecule has 10 heteroatoms. The summed E-state index contributed by atoms with van der Waals surface area (Å²) < 4.78 is 7.43. The van der Waals surface area contributed by atoms with Gasteiger partial charge < -0.3 is 15.4 Å². The van der Waals surface area contributed by atoms with Crippen LogP contribution in [0.4, 0.5) is 10.5 Å². The van der Waals surface area contributed by atoms with Crippen molar-refractivity contribution >= 4 is 73.1 Å². The molecule has 4 rings (SSSR count). The van der Waals surface area contributed by atoms with Crippen LogP contribution in [-0.4, -0.2) is 29.3 Å². The molecule has 3 aromatic carbocycles. The highest BCUT2D eigenvalue weighted by Crippen LogP contribution is 2.36. The van der Waals surface area contributed by atoms with Crippen LogP contribution in [0.3, 0.4) is 0 Å². The van der Waals surface area contributed by atoms with E-state index >= 15 is 0 Å². The number of anilines is 1. The van der Waals surface area contributed by atoms with Gasteiger partial charge in [0.2, 0.25) is 5.91 Å². The third kappa shape index (κ3) is 6.34. The van der Waals surface area contributed by atoms with Crippen LogP contribution in [0.2, 0.25) is 5.02 Å². The molecule has 0 aromatic heterocycles. The molecule has 1 fully saturated rings. The molecular formula is C26H20Br2ClN3O4. The molecule has 2 N–H and O–H groups in total. The van der Waals surface area contributed by atoms with E-state index in [4.69, 9.17) is 16.3 Å². The lowest BCUT2D eigenvalue weighted by Gasteiger charge is -2.12. The second-order valence-electron chi connectivity index (χ2n) is 8.03. The van der Waals surface area contributed by atoms with Crippen molar-refractivity contribution in [1.29, 1.82) is 0 Å². The molecule has 4 amide bonds. The zero-order valence-electron chi connectivity index (χ0n) is 19.0. The first-order valence-corrected chi connectivity index (χ1v) is 12.7. The van der Waals surface area contributed by atoms with Crippen LogP contribution < -0.4 is 15.4 Å². The Morgan fingerprint density at radius 2 is 1.86 bits per heavy atom. The molecule has 7 nitrogen and oxygen atoms in total. The fraction of sp³-hybridized carbons (Fsp3) is 0.115. The first kappa shape index (κ1) is 25.9. The Bertz CT molecular complexity index is 1350. The summed E-state index contributed by atoms with van der Waals surface area (Å²) in [7, 11) is 0. The predicted molar refractivity (Wildman–Crippen MR) is 146 cm³/mol. The highest BCUT2D eigenvalue weighted by atomic mass is 79.9. The van der Waals surface area contributed by atoms with Gasteiger partial charge in [-0.25, -0.2) is 9.69 Å². The van der Waals surface area contributed by atoms with E-state index in [1.54, 1.807) is 30.3 Å². The monoisotopic (exact) mass is 631 g/mol. The van der Waals surface area contributed by atoms with Crippen LogP contribution in [0.5, 0.6) is 5.75 Å². The van der Waals surface area contributed by atoms with E-state index < -0.39 is 24.4 Å². The number of halogens is 3. The number of amides is 4. The lowest BCUT2D eigenvalue weighted by Crippen LogP contribution is -2.38. The molecule has 3 aromatic rings. The average molecular weight is 634 g/mol. The molecule has 1 saturated heterocycles. The van der Waals surface area contributed by atoms with Crippen molar-refractivity contribution in [3.63, 3.8) is 0 Å². The fourth-order valence-electron chi connectivity index (χ4n) is 3.49. The van der Waals surface area contributed by atoms with Gasteiger partial charge in [-0.2, -0.15) is 0 Å². The summed E-state index contributed by atoms with van der Waals surface area (Å²) in [4.78, 5) is 38.4. The smallest absolute Gasteiger partial charge is 0.329 e. The van der Waals surface area contributed by atoms with E-state index in [2.05, 4.69) is 42.5 Å². The van der Waals surface area contributed by atoms with Crippen molar-refractivity contribution < 1.29 is 19.1 Å². The molecule has 0 aliphatic carbocycles. The number of nitrogens with zero attached hydrogens (tertiary/aromatic N) is 1. The number of aryl methyl sites for hydroxylation is 1. The second-order valence-corrected chi connectivity index (χ2v) is 10.2. The van der Waals surface area contributed by atoms with Gasteiger partial charge in [0.05, 0.1) is 9.50 Å². The molecule has 0 atom stereocenters.